The number of nitrogens with one attached hydrogen (secondary N) is 1. The molecular formula is C21H21N3O4S. The molecule has 0 unspecified atom stereocenters. The van der Waals surface area contributed by atoms with Gasteiger partial charge in [0.2, 0.25) is 5.91 Å². The Morgan fingerprint density at radius 2 is 1.93 bits per heavy atom. The van der Waals surface area contributed by atoms with Crippen LogP contribution in [0, 0.1) is 6.92 Å². The third kappa shape index (κ3) is 5.45. The smallest absolute Gasteiger partial charge is 0.337 e. The fourth-order valence-corrected chi connectivity index (χ4v) is 3.46. The molecule has 29 heavy (non-hydrogen) atoms. The summed E-state index contributed by atoms with van der Waals surface area (Å²) in [4.78, 5) is 40.1. The van der Waals surface area contributed by atoms with Crippen molar-refractivity contribution in [1.29, 1.82) is 0 Å². The van der Waals surface area contributed by atoms with E-state index in [1.54, 1.807) is 30.5 Å². The molecule has 0 fully saturated rings. The quantitative estimate of drug-likeness (QED) is 0.600. The van der Waals surface area contributed by atoms with Gasteiger partial charge in [-0.2, -0.15) is 0 Å². The average Bonchev–Trinajstić information content (AvgIpc) is 2.72. The molecule has 0 atom stereocenters. The summed E-state index contributed by atoms with van der Waals surface area (Å²) in [5.41, 5.74) is 3.45. The van der Waals surface area contributed by atoms with E-state index < -0.39 is 5.97 Å². The van der Waals surface area contributed by atoms with E-state index in [1.165, 1.54) is 29.3 Å². The number of pyridine rings is 1. The summed E-state index contributed by atoms with van der Waals surface area (Å²) in [6, 6.07) is 12.1. The number of nitrogens with zero attached hydrogens (tertiary/aromatic N) is 2. The maximum atomic E-state index is 12.2. The summed E-state index contributed by atoms with van der Waals surface area (Å²) >= 11 is 1.40. The van der Waals surface area contributed by atoms with Crippen LogP contribution in [-0.2, 0) is 21.8 Å². The Morgan fingerprint density at radius 1 is 1.17 bits per heavy atom. The fraction of sp³-hybridized carbons (Fsp3) is 0.238. The minimum atomic E-state index is -0.394. The molecule has 3 aromatic rings. The fourth-order valence-electron chi connectivity index (χ4n) is 2.71. The second-order valence-electron chi connectivity index (χ2n) is 6.48. The molecule has 150 valence electrons. The summed E-state index contributed by atoms with van der Waals surface area (Å²) in [6.45, 7) is 2.29. The SMILES string of the molecule is COC(=O)c1ccc(CNC(=O)CSCc2cc(=O)n3cc(C)ccc3n2)cc1. The van der Waals surface area contributed by atoms with Crippen molar-refractivity contribution in [1.82, 2.24) is 14.7 Å². The van der Waals surface area contributed by atoms with Crippen molar-refractivity contribution in [3.8, 4) is 0 Å². The Bertz CT molecular complexity index is 1090. The van der Waals surface area contributed by atoms with Crippen molar-refractivity contribution < 1.29 is 14.3 Å². The maximum absolute atomic E-state index is 12.2. The van der Waals surface area contributed by atoms with E-state index in [0.717, 1.165) is 11.1 Å². The van der Waals surface area contributed by atoms with Crippen molar-refractivity contribution in [2.24, 2.45) is 0 Å². The molecule has 2 heterocycles. The Hall–Kier alpha value is -3.13. The van der Waals surface area contributed by atoms with Crippen LogP contribution in [0.15, 0.2) is 53.5 Å². The van der Waals surface area contributed by atoms with Crippen LogP contribution in [0.5, 0.6) is 0 Å². The number of esters is 1. The van der Waals surface area contributed by atoms with Gasteiger partial charge >= 0.3 is 5.97 Å². The van der Waals surface area contributed by atoms with Gasteiger partial charge < -0.3 is 10.1 Å². The zero-order chi connectivity index (χ0) is 20.8. The second-order valence-corrected chi connectivity index (χ2v) is 7.46. The highest BCUT2D eigenvalue weighted by Gasteiger charge is 2.07. The zero-order valence-electron chi connectivity index (χ0n) is 16.2. The topological polar surface area (TPSA) is 89.8 Å². The Labute approximate surface area is 172 Å². The van der Waals surface area contributed by atoms with Gasteiger partial charge in [0.05, 0.1) is 24.1 Å². The molecule has 0 radical (unpaired) electrons. The lowest BCUT2D eigenvalue weighted by Crippen LogP contribution is -2.24. The first-order chi connectivity index (χ1) is 14.0. The molecule has 0 aliphatic carbocycles. The van der Waals surface area contributed by atoms with Crippen LogP contribution in [0.4, 0.5) is 0 Å². The molecule has 0 spiro atoms. The number of aryl methyl sites for hydroxylation is 1. The number of carbonyl (C=O) groups is 2. The van der Waals surface area contributed by atoms with E-state index in [0.29, 0.717) is 29.2 Å². The summed E-state index contributed by atoms with van der Waals surface area (Å²) in [5.74, 6) is 0.227. The summed E-state index contributed by atoms with van der Waals surface area (Å²) < 4.78 is 6.17. The monoisotopic (exact) mass is 411 g/mol. The number of benzene rings is 1. The van der Waals surface area contributed by atoms with Crippen molar-refractivity contribution >= 4 is 29.3 Å². The van der Waals surface area contributed by atoms with Gasteiger partial charge in [-0.25, -0.2) is 9.78 Å². The zero-order valence-corrected chi connectivity index (χ0v) is 17.0. The van der Waals surface area contributed by atoms with Gasteiger partial charge in [0.1, 0.15) is 5.65 Å². The highest BCUT2D eigenvalue weighted by Crippen LogP contribution is 2.11. The summed E-state index contributed by atoms with van der Waals surface area (Å²) in [6.07, 6.45) is 1.76. The molecule has 0 saturated carbocycles. The number of thioether (sulfide) groups is 1. The Morgan fingerprint density at radius 3 is 2.66 bits per heavy atom. The number of amides is 1. The van der Waals surface area contributed by atoms with E-state index in [-0.39, 0.29) is 17.2 Å². The van der Waals surface area contributed by atoms with Crippen molar-refractivity contribution in [2.75, 3.05) is 12.9 Å². The molecule has 0 aliphatic heterocycles. The lowest BCUT2D eigenvalue weighted by Gasteiger charge is -2.07. The van der Waals surface area contributed by atoms with E-state index in [2.05, 4.69) is 15.0 Å². The number of methoxy groups -OCH3 is 1. The van der Waals surface area contributed by atoms with Crippen molar-refractivity contribution in [2.45, 2.75) is 19.2 Å². The lowest BCUT2D eigenvalue weighted by atomic mass is 10.1. The first-order valence-electron chi connectivity index (χ1n) is 8.97. The van der Waals surface area contributed by atoms with Gasteiger partial charge in [0, 0.05) is 24.6 Å². The van der Waals surface area contributed by atoms with Gasteiger partial charge in [-0.3, -0.25) is 14.0 Å². The molecule has 3 rings (SSSR count). The van der Waals surface area contributed by atoms with E-state index in [1.807, 2.05) is 19.1 Å². The molecule has 8 heteroatoms. The first-order valence-corrected chi connectivity index (χ1v) is 10.1. The normalized spacial score (nSPS) is 10.7. The number of carbonyl (C=O) groups excluding carboxylic acids is 2. The van der Waals surface area contributed by atoms with Crippen LogP contribution < -0.4 is 10.9 Å². The van der Waals surface area contributed by atoms with Gasteiger partial charge in [-0.1, -0.05) is 18.2 Å². The number of hydrogen-bond acceptors (Lipinski definition) is 6. The minimum absolute atomic E-state index is 0.111. The molecular weight excluding hydrogens is 390 g/mol. The molecule has 2 aromatic heterocycles. The largest absolute Gasteiger partial charge is 0.465 e. The van der Waals surface area contributed by atoms with Gasteiger partial charge in [0.25, 0.3) is 5.56 Å². The Kier molecular flexibility index (Phi) is 6.66. The second kappa shape index (κ2) is 9.38. The maximum Gasteiger partial charge on any atom is 0.337 e. The summed E-state index contributed by atoms with van der Waals surface area (Å²) in [7, 11) is 1.33. The van der Waals surface area contributed by atoms with E-state index in [9.17, 15) is 14.4 Å². The van der Waals surface area contributed by atoms with Crippen LogP contribution in [0.1, 0.15) is 27.2 Å². The Balaban J connectivity index is 1.49. The molecule has 1 aromatic carbocycles. The van der Waals surface area contributed by atoms with Crippen LogP contribution in [0.25, 0.3) is 5.65 Å². The average molecular weight is 411 g/mol. The van der Waals surface area contributed by atoms with Crippen LogP contribution in [0.3, 0.4) is 0 Å². The number of fused-ring (bicyclic) bond motifs is 1. The number of rotatable bonds is 7. The van der Waals surface area contributed by atoms with Crippen molar-refractivity contribution in [3.05, 3.63) is 81.4 Å². The van der Waals surface area contributed by atoms with E-state index >= 15 is 0 Å². The molecule has 0 saturated heterocycles. The van der Waals surface area contributed by atoms with Crippen LogP contribution >= 0.6 is 11.8 Å². The minimum Gasteiger partial charge on any atom is -0.465 e. The standard InChI is InChI=1S/C21H21N3O4S/c1-14-3-8-18-23-17(9-20(26)24(18)11-14)12-29-13-19(25)22-10-15-4-6-16(7-5-15)21(27)28-2/h3-9,11H,10,12-13H2,1-2H3,(H,22,25). The predicted molar refractivity (Wildman–Crippen MR) is 112 cm³/mol. The van der Waals surface area contributed by atoms with Gasteiger partial charge in [0.15, 0.2) is 0 Å². The number of aromatic nitrogens is 2. The first kappa shape index (κ1) is 20.6. The van der Waals surface area contributed by atoms with Crippen molar-refractivity contribution in [3.63, 3.8) is 0 Å². The molecule has 7 nitrogen and oxygen atoms in total. The third-order valence-corrected chi connectivity index (χ3v) is 5.17. The lowest BCUT2D eigenvalue weighted by molar-refractivity contribution is -0.118. The van der Waals surface area contributed by atoms with Gasteiger partial charge in [-0.05, 0) is 36.2 Å². The van der Waals surface area contributed by atoms with Crippen LogP contribution in [0.2, 0.25) is 0 Å². The molecule has 1 amide bonds. The molecule has 1 N–H and O–H groups in total. The third-order valence-electron chi connectivity index (χ3n) is 4.21. The van der Waals surface area contributed by atoms with Crippen LogP contribution in [-0.4, -0.2) is 34.1 Å². The predicted octanol–water partition coefficient (Wildman–Crippen LogP) is 2.34. The number of hydrogen-bond donors (Lipinski definition) is 1. The van der Waals surface area contributed by atoms with E-state index in [4.69, 9.17) is 0 Å². The molecule has 0 aliphatic rings. The highest BCUT2D eigenvalue weighted by molar-refractivity contribution is 7.99. The number of ether oxygens (including phenoxy) is 1. The van der Waals surface area contributed by atoms with Gasteiger partial charge in [-0.15, -0.1) is 11.8 Å². The molecule has 0 bridgehead atoms. The highest BCUT2D eigenvalue weighted by atomic mass is 32.2. The summed E-state index contributed by atoms with van der Waals surface area (Å²) in [5, 5.41) is 2.83.